The van der Waals surface area contributed by atoms with Gasteiger partial charge in [0.2, 0.25) is 5.91 Å². The fourth-order valence-corrected chi connectivity index (χ4v) is 1.86. The van der Waals surface area contributed by atoms with E-state index in [2.05, 4.69) is 29.5 Å². The van der Waals surface area contributed by atoms with Crippen LogP contribution in [-0.4, -0.2) is 62.8 Å². The molecule has 1 saturated carbocycles. The Morgan fingerprint density at radius 3 is 2.67 bits per heavy atom. The lowest BCUT2D eigenvalue weighted by molar-refractivity contribution is -0.123. The van der Waals surface area contributed by atoms with Gasteiger partial charge in [-0.25, -0.2) is 0 Å². The Hall–Kier alpha value is -0.650. The lowest BCUT2D eigenvalue weighted by atomic mass is 10.2. The number of nitrogens with zero attached hydrogens (tertiary/aromatic N) is 1. The van der Waals surface area contributed by atoms with Gasteiger partial charge >= 0.3 is 0 Å². The third-order valence-corrected chi connectivity index (χ3v) is 3.54. The number of hydrogen-bond acceptors (Lipinski definition) is 4. The summed E-state index contributed by atoms with van der Waals surface area (Å²) in [5.74, 6) is 0.0355. The van der Waals surface area contributed by atoms with E-state index in [-0.39, 0.29) is 11.9 Å². The molecule has 1 amide bonds. The summed E-state index contributed by atoms with van der Waals surface area (Å²) in [6.45, 7) is 6.05. The highest BCUT2D eigenvalue weighted by atomic mass is 16.5. The van der Waals surface area contributed by atoms with E-state index in [1.54, 1.807) is 7.11 Å². The van der Waals surface area contributed by atoms with Gasteiger partial charge in [-0.05, 0) is 33.7 Å². The standard InChI is InChI=1S/C13H27N3O2/c1-10(16(3)12-5-6-12)9-15-11(2)13(17)14-7-8-18-4/h10-12,15H,5-9H2,1-4H3,(H,14,17). The number of amides is 1. The van der Waals surface area contributed by atoms with Crippen molar-refractivity contribution in [1.29, 1.82) is 0 Å². The maximum atomic E-state index is 11.7. The van der Waals surface area contributed by atoms with Crippen molar-refractivity contribution in [2.75, 3.05) is 33.9 Å². The Balaban J connectivity index is 2.14. The first-order valence-corrected chi connectivity index (χ1v) is 6.78. The van der Waals surface area contributed by atoms with Gasteiger partial charge in [-0.1, -0.05) is 0 Å². The maximum absolute atomic E-state index is 11.7. The molecule has 1 rings (SSSR count). The van der Waals surface area contributed by atoms with Crippen LogP contribution < -0.4 is 10.6 Å². The molecule has 1 fully saturated rings. The highest BCUT2D eigenvalue weighted by molar-refractivity contribution is 5.81. The Bertz CT molecular complexity index is 257. The fraction of sp³-hybridized carbons (Fsp3) is 0.923. The van der Waals surface area contributed by atoms with Crippen LogP contribution in [0.3, 0.4) is 0 Å². The molecule has 0 aromatic heterocycles. The van der Waals surface area contributed by atoms with Crippen molar-refractivity contribution in [3.05, 3.63) is 0 Å². The van der Waals surface area contributed by atoms with E-state index in [0.717, 1.165) is 12.6 Å². The molecule has 18 heavy (non-hydrogen) atoms. The minimum absolute atomic E-state index is 0.0355. The van der Waals surface area contributed by atoms with Crippen molar-refractivity contribution in [3.63, 3.8) is 0 Å². The molecule has 2 atom stereocenters. The van der Waals surface area contributed by atoms with Crippen molar-refractivity contribution in [1.82, 2.24) is 15.5 Å². The first-order chi connectivity index (χ1) is 8.56. The molecule has 0 aliphatic heterocycles. The van der Waals surface area contributed by atoms with Crippen molar-refractivity contribution in [3.8, 4) is 0 Å². The molecule has 0 heterocycles. The van der Waals surface area contributed by atoms with Crippen LogP contribution in [0, 0.1) is 0 Å². The van der Waals surface area contributed by atoms with Gasteiger partial charge in [0.15, 0.2) is 0 Å². The number of methoxy groups -OCH3 is 1. The van der Waals surface area contributed by atoms with E-state index >= 15 is 0 Å². The predicted octanol–water partition coefficient (Wildman–Crippen LogP) is 0.210. The minimum atomic E-state index is -0.156. The largest absolute Gasteiger partial charge is 0.383 e. The molecule has 0 bridgehead atoms. The lowest BCUT2D eigenvalue weighted by Crippen LogP contribution is -2.48. The maximum Gasteiger partial charge on any atom is 0.236 e. The van der Waals surface area contributed by atoms with E-state index in [1.165, 1.54) is 12.8 Å². The average Bonchev–Trinajstić information content (AvgIpc) is 3.18. The molecule has 0 aromatic rings. The molecular formula is C13H27N3O2. The van der Waals surface area contributed by atoms with Crippen LogP contribution in [0.15, 0.2) is 0 Å². The normalized spacial score (nSPS) is 18.7. The van der Waals surface area contributed by atoms with Gasteiger partial charge in [-0.2, -0.15) is 0 Å². The average molecular weight is 257 g/mol. The third-order valence-electron chi connectivity index (χ3n) is 3.54. The summed E-state index contributed by atoms with van der Waals surface area (Å²) < 4.78 is 4.89. The number of ether oxygens (including phenoxy) is 1. The van der Waals surface area contributed by atoms with Crippen LogP contribution in [0.25, 0.3) is 0 Å². The zero-order chi connectivity index (χ0) is 13.5. The Morgan fingerprint density at radius 1 is 1.44 bits per heavy atom. The van der Waals surface area contributed by atoms with E-state index in [0.29, 0.717) is 19.2 Å². The van der Waals surface area contributed by atoms with Gasteiger partial charge in [0, 0.05) is 32.3 Å². The fourth-order valence-electron chi connectivity index (χ4n) is 1.86. The zero-order valence-electron chi connectivity index (χ0n) is 12.0. The van der Waals surface area contributed by atoms with Gasteiger partial charge in [0.05, 0.1) is 12.6 Å². The first-order valence-electron chi connectivity index (χ1n) is 6.78. The molecule has 5 nitrogen and oxygen atoms in total. The summed E-state index contributed by atoms with van der Waals surface area (Å²) in [5.41, 5.74) is 0. The van der Waals surface area contributed by atoms with Crippen molar-refractivity contribution < 1.29 is 9.53 Å². The second kappa shape index (κ2) is 7.71. The third kappa shape index (κ3) is 5.33. The summed E-state index contributed by atoms with van der Waals surface area (Å²) in [6, 6.07) is 1.07. The summed E-state index contributed by atoms with van der Waals surface area (Å²) >= 11 is 0. The van der Waals surface area contributed by atoms with Gasteiger partial charge in [-0.15, -0.1) is 0 Å². The molecule has 2 unspecified atom stereocenters. The number of carbonyl (C=O) groups is 1. The van der Waals surface area contributed by atoms with Gasteiger partial charge in [-0.3, -0.25) is 9.69 Å². The number of rotatable bonds is 9. The minimum Gasteiger partial charge on any atom is -0.383 e. The first kappa shape index (κ1) is 15.4. The number of carbonyl (C=O) groups excluding carboxylic acids is 1. The SMILES string of the molecule is COCCNC(=O)C(C)NCC(C)N(C)C1CC1. The second-order valence-corrected chi connectivity index (χ2v) is 5.16. The Labute approximate surface area is 110 Å². The Kier molecular flexibility index (Phi) is 6.60. The van der Waals surface area contributed by atoms with Crippen molar-refractivity contribution in [2.45, 2.75) is 44.8 Å². The lowest BCUT2D eigenvalue weighted by Gasteiger charge is -2.26. The zero-order valence-corrected chi connectivity index (χ0v) is 12.0. The van der Waals surface area contributed by atoms with E-state index in [4.69, 9.17) is 4.74 Å². The predicted molar refractivity (Wildman–Crippen MR) is 72.6 cm³/mol. The molecule has 0 aromatic carbocycles. The van der Waals surface area contributed by atoms with Crippen LogP contribution in [-0.2, 0) is 9.53 Å². The van der Waals surface area contributed by atoms with E-state index in [9.17, 15) is 4.79 Å². The number of nitrogens with one attached hydrogen (secondary N) is 2. The summed E-state index contributed by atoms with van der Waals surface area (Å²) in [7, 11) is 3.79. The molecular weight excluding hydrogens is 230 g/mol. The Morgan fingerprint density at radius 2 is 2.11 bits per heavy atom. The number of likely N-dealkylation sites (N-methyl/N-ethyl adjacent to an activating group) is 1. The highest BCUT2D eigenvalue weighted by Gasteiger charge is 2.29. The van der Waals surface area contributed by atoms with Crippen molar-refractivity contribution >= 4 is 5.91 Å². The van der Waals surface area contributed by atoms with Crippen LogP contribution in [0.5, 0.6) is 0 Å². The molecule has 1 aliphatic carbocycles. The smallest absolute Gasteiger partial charge is 0.236 e. The van der Waals surface area contributed by atoms with Crippen LogP contribution in [0.2, 0.25) is 0 Å². The van der Waals surface area contributed by atoms with E-state index < -0.39 is 0 Å². The molecule has 0 radical (unpaired) electrons. The summed E-state index contributed by atoms with van der Waals surface area (Å²) in [4.78, 5) is 14.1. The molecule has 2 N–H and O–H groups in total. The summed E-state index contributed by atoms with van der Waals surface area (Å²) in [5, 5.41) is 6.11. The molecule has 106 valence electrons. The van der Waals surface area contributed by atoms with Gasteiger partial charge in [0.25, 0.3) is 0 Å². The van der Waals surface area contributed by atoms with Gasteiger partial charge < -0.3 is 15.4 Å². The van der Waals surface area contributed by atoms with Gasteiger partial charge in [0.1, 0.15) is 0 Å². The van der Waals surface area contributed by atoms with Crippen LogP contribution in [0.1, 0.15) is 26.7 Å². The molecule has 1 aliphatic rings. The second-order valence-electron chi connectivity index (χ2n) is 5.16. The number of hydrogen-bond donors (Lipinski definition) is 2. The molecule has 0 spiro atoms. The highest BCUT2D eigenvalue weighted by Crippen LogP contribution is 2.26. The quantitative estimate of drug-likeness (QED) is 0.580. The van der Waals surface area contributed by atoms with Crippen molar-refractivity contribution in [2.24, 2.45) is 0 Å². The van der Waals surface area contributed by atoms with Crippen LogP contribution >= 0.6 is 0 Å². The monoisotopic (exact) mass is 257 g/mol. The topological polar surface area (TPSA) is 53.6 Å². The van der Waals surface area contributed by atoms with Crippen LogP contribution in [0.4, 0.5) is 0 Å². The molecule has 0 saturated heterocycles. The van der Waals surface area contributed by atoms with E-state index in [1.807, 2.05) is 6.92 Å². The summed E-state index contributed by atoms with van der Waals surface area (Å²) in [6.07, 6.45) is 2.63. The molecule has 5 heteroatoms.